The highest BCUT2D eigenvalue weighted by atomic mass is 32.2. The van der Waals surface area contributed by atoms with Gasteiger partial charge in [-0.1, -0.05) is 6.07 Å². The van der Waals surface area contributed by atoms with Crippen LogP contribution in [0.1, 0.15) is 26.3 Å². The third-order valence-corrected chi connectivity index (χ3v) is 7.50. The van der Waals surface area contributed by atoms with Gasteiger partial charge in [0.05, 0.1) is 24.9 Å². The number of alkyl halides is 3. The van der Waals surface area contributed by atoms with Gasteiger partial charge in [-0.2, -0.15) is 0 Å². The SMILES string of the molecule is COc1cc(OC(F)(F)F)ccc1Nc1ccc2c(CN(C)C(=O)OC(C)(C)C)cn(S(=O)(=O)c3cccnc3)c2c1. The Bertz CT molecular complexity index is 1700. The standard InChI is InChI=1S/C28H29F3N4O6S/c1-27(2,3)41-26(36)34(4)16-18-17-35(42(37,38)21-7-6-12-32-15-21)24-13-19(8-10-22(18)24)33-23-11-9-20(14-25(23)39-5)40-28(29,30)31/h6-15,17,33H,16H2,1-5H3. The van der Waals surface area contributed by atoms with Gasteiger partial charge in [0.1, 0.15) is 22.0 Å². The predicted octanol–water partition coefficient (Wildman–Crippen LogP) is 6.29. The summed E-state index contributed by atoms with van der Waals surface area (Å²) in [6.45, 7) is 5.27. The number of benzene rings is 2. The first-order chi connectivity index (χ1) is 19.6. The number of carbonyl (C=O) groups excluding carboxylic acids is 1. The number of nitrogens with one attached hydrogen (secondary N) is 1. The Morgan fingerprint density at radius 3 is 2.45 bits per heavy atom. The van der Waals surface area contributed by atoms with Crippen LogP contribution in [-0.2, 0) is 21.3 Å². The van der Waals surface area contributed by atoms with Crippen molar-refractivity contribution >= 4 is 38.4 Å². The van der Waals surface area contributed by atoms with Gasteiger partial charge in [-0.25, -0.2) is 17.2 Å². The Labute approximate surface area is 240 Å². The molecule has 0 spiro atoms. The maximum atomic E-state index is 13.7. The third kappa shape index (κ3) is 7.05. The van der Waals surface area contributed by atoms with Gasteiger partial charge in [0, 0.05) is 42.8 Å². The Hall–Kier alpha value is -4.46. The van der Waals surface area contributed by atoms with Crippen LogP contribution >= 0.6 is 0 Å². The molecule has 2 heterocycles. The number of rotatable bonds is 8. The lowest BCUT2D eigenvalue weighted by molar-refractivity contribution is -0.274. The molecule has 0 saturated heterocycles. The minimum absolute atomic E-state index is 0.0439. The molecule has 1 amide bonds. The number of methoxy groups -OCH3 is 1. The van der Waals surface area contributed by atoms with Crippen LogP contribution in [0.15, 0.2) is 72.0 Å². The second-order valence-electron chi connectivity index (χ2n) is 10.2. The van der Waals surface area contributed by atoms with Crippen LogP contribution in [-0.4, -0.2) is 54.5 Å². The molecule has 0 aliphatic rings. The van der Waals surface area contributed by atoms with Gasteiger partial charge >= 0.3 is 12.5 Å². The highest BCUT2D eigenvalue weighted by Crippen LogP contribution is 2.36. The molecule has 4 rings (SSSR count). The van der Waals surface area contributed by atoms with E-state index in [0.717, 1.165) is 16.1 Å². The van der Waals surface area contributed by atoms with Crippen molar-refractivity contribution in [3.05, 3.63) is 72.7 Å². The zero-order valence-electron chi connectivity index (χ0n) is 23.4. The summed E-state index contributed by atoms with van der Waals surface area (Å²) in [6.07, 6.45) is -1.34. The van der Waals surface area contributed by atoms with Gasteiger partial charge in [0.25, 0.3) is 10.0 Å². The molecule has 1 N–H and O–H groups in total. The molecule has 42 heavy (non-hydrogen) atoms. The lowest BCUT2D eigenvalue weighted by Crippen LogP contribution is -2.33. The van der Waals surface area contributed by atoms with Crippen LogP contribution in [0.2, 0.25) is 0 Å². The number of nitrogens with zero attached hydrogens (tertiary/aromatic N) is 3. The number of fused-ring (bicyclic) bond motifs is 1. The number of aromatic nitrogens is 2. The van der Waals surface area contributed by atoms with E-state index in [4.69, 9.17) is 9.47 Å². The van der Waals surface area contributed by atoms with Crippen molar-refractivity contribution in [3.8, 4) is 11.5 Å². The first-order valence-corrected chi connectivity index (χ1v) is 14.0. The molecule has 0 radical (unpaired) electrons. The Morgan fingerprint density at radius 1 is 1.10 bits per heavy atom. The number of carbonyl (C=O) groups is 1. The van der Waals surface area contributed by atoms with E-state index < -0.39 is 33.8 Å². The van der Waals surface area contributed by atoms with Crippen molar-refractivity contribution in [1.82, 2.24) is 13.9 Å². The average Bonchev–Trinajstić information content (AvgIpc) is 3.26. The van der Waals surface area contributed by atoms with Gasteiger partial charge in [0.2, 0.25) is 0 Å². The van der Waals surface area contributed by atoms with E-state index in [9.17, 15) is 26.4 Å². The van der Waals surface area contributed by atoms with Crippen LogP contribution in [0, 0.1) is 0 Å². The average molecular weight is 607 g/mol. The topological polar surface area (TPSA) is 112 Å². The zero-order chi connectivity index (χ0) is 30.9. The van der Waals surface area contributed by atoms with Crippen molar-refractivity contribution < 1.29 is 40.6 Å². The molecular weight excluding hydrogens is 577 g/mol. The molecule has 4 aromatic rings. The van der Waals surface area contributed by atoms with E-state index in [2.05, 4.69) is 15.0 Å². The van der Waals surface area contributed by atoms with Crippen molar-refractivity contribution in [2.75, 3.05) is 19.5 Å². The highest BCUT2D eigenvalue weighted by molar-refractivity contribution is 7.90. The van der Waals surface area contributed by atoms with E-state index >= 15 is 0 Å². The van der Waals surface area contributed by atoms with Gasteiger partial charge in [-0.3, -0.25) is 4.98 Å². The van der Waals surface area contributed by atoms with Gasteiger partial charge in [-0.05, 0) is 62.7 Å². The van der Waals surface area contributed by atoms with Crippen molar-refractivity contribution in [3.63, 3.8) is 0 Å². The minimum atomic E-state index is -4.87. The number of hydrogen-bond acceptors (Lipinski definition) is 8. The Kier molecular flexibility index (Phi) is 8.30. The van der Waals surface area contributed by atoms with E-state index in [1.54, 1.807) is 46.0 Å². The summed E-state index contributed by atoms with van der Waals surface area (Å²) in [6, 6.07) is 11.4. The van der Waals surface area contributed by atoms with Gasteiger partial charge in [0.15, 0.2) is 0 Å². The molecule has 0 saturated carbocycles. The normalized spacial score (nSPS) is 12.2. The summed E-state index contributed by atoms with van der Waals surface area (Å²) >= 11 is 0. The molecule has 2 aromatic carbocycles. The largest absolute Gasteiger partial charge is 0.573 e. The monoisotopic (exact) mass is 606 g/mol. The number of pyridine rings is 1. The van der Waals surface area contributed by atoms with E-state index in [1.165, 1.54) is 48.8 Å². The van der Waals surface area contributed by atoms with Crippen LogP contribution < -0.4 is 14.8 Å². The zero-order valence-corrected chi connectivity index (χ0v) is 24.2. The number of anilines is 2. The minimum Gasteiger partial charge on any atom is -0.494 e. The molecule has 224 valence electrons. The summed E-state index contributed by atoms with van der Waals surface area (Å²) in [4.78, 5) is 17.8. The second kappa shape index (κ2) is 11.4. The molecule has 14 heteroatoms. The number of halogens is 3. The fraction of sp³-hybridized carbons (Fsp3) is 0.286. The van der Waals surface area contributed by atoms with E-state index in [0.29, 0.717) is 22.3 Å². The molecule has 10 nitrogen and oxygen atoms in total. The maximum Gasteiger partial charge on any atom is 0.573 e. The van der Waals surface area contributed by atoms with Crippen molar-refractivity contribution in [1.29, 1.82) is 0 Å². The lowest BCUT2D eigenvalue weighted by atomic mass is 10.1. The van der Waals surface area contributed by atoms with E-state index in [-0.39, 0.29) is 22.7 Å². The number of hydrogen-bond donors (Lipinski definition) is 1. The van der Waals surface area contributed by atoms with Gasteiger partial charge in [-0.15, -0.1) is 13.2 Å². The predicted molar refractivity (Wildman–Crippen MR) is 149 cm³/mol. The summed E-state index contributed by atoms with van der Waals surface area (Å²) in [7, 11) is -1.28. The number of ether oxygens (including phenoxy) is 3. The van der Waals surface area contributed by atoms with Crippen LogP contribution in [0.4, 0.5) is 29.3 Å². The fourth-order valence-corrected chi connectivity index (χ4v) is 5.42. The van der Waals surface area contributed by atoms with Crippen molar-refractivity contribution in [2.45, 2.75) is 44.2 Å². The Balaban J connectivity index is 1.76. The quantitative estimate of drug-likeness (QED) is 0.249. The summed E-state index contributed by atoms with van der Waals surface area (Å²) in [5, 5.41) is 3.60. The fourth-order valence-electron chi connectivity index (χ4n) is 4.07. The first kappa shape index (κ1) is 30.5. The maximum absolute atomic E-state index is 13.7. The molecule has 2 aromatic heterocycles. The third-order valence-electron chi connectivity index (χ3n) is 5.84. The highest BCUT2D eigenvalue weighted by Gasteiger charge is 2.31. The Morgan fingerprint density at radius 2 is 1.83 bits per heavy atom. The lowest BCUT2D eigenvalue weighted by Gasteiger charge is -2.24. The van der Waals surface area contributed by atoms with Crippen LogP contribution in [0.25, 0.3) is 10.9 Å². The molecule has 0 atom stereocenters. The summed E-state index contributed by atoms with van der Waals surface area (Å²) in [5.41, 5.74) is 0.820. The summed E-state index contributed by atoms with van der Waals surface area (Å²) < 4.78 is 81.0. The second-order valence-corrected chi connectivity index (χ2v) is 12.1. The summed E-state index contributed by atoms with van der Waals surface area (Å²) in [5.74, 6) is -0.398. The van der Waals surface area contributed by atoms with Crippen molar-refractivity contribution in [2.24, 2.45) is 0 Å². The molecule has 0 aliphatic heterocycles. The van der Waals surface area contributed by atoms with Crippen LogP contribution in [0.5, 0.6) is 11.5 Å². The molecule has 0 aliphatic carbocycles. The van der Waals surface area contributed by atoms with Crippen LogP contribution in [0.3, 0.4) is 0 Å². The first-order valence-electron chi connectivity index (χ1n) is 12.5. The smallest absolute Gasteiger partial charge is 0.494 e. The number of amides is 1. The van der Waals surface area contributed by atoms with E-state index in [1.807, 2.05) is 0 Å². The van der Waals surface area contributed by atoms with Gasteiger partial charge < -0.3 is 24.4 Å². The molecular formula is C28H29F3N4O6S. The molecule has 0 fully saturated rings. The molecule has 0 unspecified atom stereocenters. The molecule has 0 bridgehead atoms.